The Balaban J connectivity index is 1.58. The summed E-state index contributed by atoms with van der Waals surface area (Å²) in [6, 6.07) is 18.7. The molecule has 0 fully saturated rings. The largest absolute Gasteiger partial charge is 0.352 e. The Hall–Kier alpha value is -3.45. The van der Waals surface area contributed by atoms with Gasteiger partial charge in [-0.15, -0.1) is 11.3 Å². The molecule has 0 radical (unpaired) electrons. The third kappa shape index (κ3) is 3.97. The number of nitrogens with one attached hydrogen (secondary N) is 2. The Kier molecular flexibility index (Phi) is 5.63. The Bertz CT molecular complexity index is 1210. The van der Waals surface area contributed by atoms with E-state index in [1.54, 1.807) is 24.3 Å². The van der Waals surface area contributed by atoms with E-state index >= 15 is 0 Å². The minimum absolute atomic E-state index is 0.145. The van der Waals surface area contributed by atoms with Crippen molar-refractivity contribution in [1.29, 1.82) is 0 Å². The Morgan fingerprint density at radius 3 is 2.60 bits per heavy atom. The molecule has 152 valence electrons. The van der Waals surface area contributed by atoms with Crippen LogP contribution in [0.15, 0.2) is 60.7 Å². The van der Waals surface area contributed by atoms with E-state index < -0.39 is 0 Å². The minimum atomic E-state index is -0.207. The standard InChI is InChI=1S/C23H22N4O2S/c1-3-12-24-21(28)16-8-7-9-17(13-16)25-22(29)20-14-19-15(2)26-27(23(19)30-20)18-10-5-4-6-11-18/h4-11,13-14H,3,12H2,1-2H3,(H,24,28)(H,25,29). The van der Waals surface area contributed by atoms with E-state index in [-0.39, 0.29) is 11.8 Å². The Morgan fingerprint density at radius 2 is 1.83 bits per heavy atom. The maximum absolute atomic E-state index is 12.9. The van der Waals surface area contributed by atoms with E-state index in [9.17, 15) is 9.59 Å². The third-order valence-electron chi connectivity index (χ3n) is 4.69. The second-order valence-electron chi connectivity index (χ2n) is 6.95. The lowest BCUT2D eigenvalue weighted by Crippen LogP contribution is -2.24. The highest BCUT2D eigenvalue weighted by atomic mass is 32.1. The molecule has 4 aromatic rings. The zero-order valence-electron chi connectivity index (χ0n) is 16.8. The Morgan fingerprint density at radius 1 is 1.03 bits per heavy atom. The number of anilines is 1. The fourth-order valence-corrected chi connectivity index (χ4v) is 4.25. The van der Waals surface area contributed by atoms with Crippen molar-refractivity contribution in [2.75, 3.05) is 11.9 Å². The highest BCUT2D eigenvalue weighted by Gasteiger charge is 2.17. The molecular formula is C23H22N4O2S. The molecule has 2 aromatic carbocycles. The maximum atomic E-state index is 12.9. The van der Waals surface area contributed by atoms with Crippen LogP contribution in [0, 0.1) is 6.92 Å². The molecule has 0 spiro atoms. The first kappa shape index (κ1) is 19.8. The van der Waals surface area contributed by atoms with Gasteiger partial charge in [0.05, 0.1) is 16.3 Å². The molecule has 0 unspecified atom stereocenters. The molecule has 4 rings (SSSR count). The van der Waals surface area contributed by atoms with Gasteiger partial charge in [-0.1, -0.05) is 31.2 Å². The van der Waals surface area contributed by atoms with Crippen molar-refractivity contribution in [3.63, 3.8) is 0 Å². The predicted octanol–water partition coefficient (Wildman–Crippen LogP) is 4.79. The number of aromatic nitrogens is 2. The highest BCUT2D eigenvalue weighted by Crippen LogP contribution is 2.30. The van der Waals surface area contributed by atoms with E-state index in [0.717, 1.165) is 28.0 Å². The van der Waals surface area contributed by atoms with Gasteiger partial charge in [0.25, 0.3) is 11.8 Å². The summed E-state index contributed by atoms with van der Waals surface area (Å²) < 4.78 is 1.87. The van der Waals surface area contributed by atoms with Gasteiger partial charge in [-0.05, 0) is 49.7 Å². The minimum Gasteiger partial charge on any atom is -0.352 e. The van der Waals surface area contributed by atoms with Gasteiger partial charge in [-0.25, -0.2) is 4.68 Å². The maximum Gasteiger partial charge on any atom is 0.265 e. The second-order valence-corrected chi connectivity index (χ2v) is 7.98. The highest BCUT2D eigenvalue weighted by molar-refractivity contribution is 7.20. The van der Waals surface area contributed by atoms with Crippen LogP contribution in [-0.4, -0.2) is 28.1 Å². The van der Waals surface area contributed by atoms with E-state index in [2.05, 4.69) is 15.7 Å². The molecule has 0 atom stereocenters. The van der Waals surface area contributed by atoms with Gasteiger partial charge in [0.1, 0.15) is 4.83 Å². The lowest BCUT2D eigenvalue weighted by atomic mass is 10.2. The first-order valence-electron chi connectivity index (χ1n) is 9.81. The fourth-order valence-electron chi connectivity index (χ4n) is 3.17. The predicted molar refractivity (Wildman–Crippen MR) is 121 cm³/mol. The molecule has 2 N–H and O–H groups in total. The summed E-state index contributed by atoms with van der Waals surface area (Å²) in [4.78, 5) is 26.6. The van der Waals surface area contributed by atoms with Crippen molar-refractivity contribution < 1.29 is 9.59 Å². The van der Waals surface area contributed by atoms with Crippen molar-refractivity contribution in [3.8, 4) is 5.69 Å². The molecule has 30 heavy (non-hydrogen) atoms. The number of thiophene rings is 1. The van der Waals surface area contributed by atoms with E-state index in [4.69, 9.17) is 0 Å². The van der Waals surface area contributed by atoms with E-state index in [0.29, 0.717) is 22.7 Å². The number of carbonyl (C=O) groups excluding carboxylic acids is 2. The van der Waals surface area contributed by atoms with Crippen LogP contribution >= 0.6 is 11.3 Å². The molecule has 0 bridgehead atoms. The van der Waals surface area contributed by atoms with Crippen LogP contribution in [0.5, 0.6) is 0 Å². The van der Waals surface area contributed by atoms with Gasteiger partial charge in [0.15, 0.2) is 0 Å². The van der Waals surface area contributed by atoms with Crippen LogP contribution in [0.1, 0.15) is 39.1 Å². The topological polar surface area (TPSA) is 76.0 Å². The van der Waals surface area contributed by atoms with Crippen LogP contribution in [0.2, 0.25) is 0 Å². The average molecular weight is 419 g/mol. The molecular weight excluding hydrogens is 396 g/mol. The summed E-state index contributed by atoms with van der Waals surface area (Å²) in [6.45, 7) is 4.56. The molecule has 0 aliphatic rings. The van der Waals surface area contributed by atoms with Gasteiger partial charge in [0, 0.05) is 23.2 Å². The van der Waals surface area contributed by atoms with Crippen LogP contribution in [0.25, 0.3) is 15.9 Å². The quantitative estimate of drug-likeness (QED) is 0.473. The zero-order valence-corrected chi connectivity index (χ0v) is 17.6. The van der Waals surface area contributed by atoms with Crippen molar-refractivity contribution in [2.24, 2.45) is 0 Å². The number of amides is 2. The van der Waals surface area contributed by atoms with Crippen molar-refractivity contribution in [1.82, 2.24) is 15.1 Å². The van der Waals surface area contributed by atoms with Crippen molar-refractivity contribution >= 4 is 39.1 Å². The number of aryl methyl sites for hydroxylation is 1. The van der Waals surface area contributed by atoms with Gasteiger partial charge >= 0.3 is 0 Å². The average Bonchev–Trinajstić information content (AvgIpc) is 3.33. The summed E-state index contributed by atoms with van der Waals surface area (Å²) in [7, 11) is 0. The van der Waals surface area contributed by atoms with Gasteiger partial charge in [0.2, 0.25) is 0 Å². The number of carbonyl (C=O) groups is 2. The Labute approximate surface area is 178 Å². The van der Waals surface area contributed by atoms with Crippen molar-refractivity contribution in [2.45, 2.75) is 20.3 Å². The zero-order chi connectivity index (χ0) is 21.1. The number of fused-ring (bicyclic) bond motifs is 1. The summed E-state index contributed by atoms with van der Waals surface area (Å²) in [6.07, 6.45) is 0.869. The third-order valence-corrected chi connectivity index (χ3v) is 5.80. The molecule has 0 aliphatic heterocycles. The number of benzene rings is 2. The van der Waals surface area contributed by atoms with Crippen LogP contribution < -0.4 is 10.6 Å². The van der Waals surface area contributed by atoms with E-state index in [1.165, 1.54) is 11.3 Å². The molecule has 0 aliphatic carbocycles. The first-order chi connectivity index (χ1) is 14.6. The summed E-state index contributed by atoms with van der Waals surface area (Å²) in [5.41, 5.74) is 2.94. The molecule has 2 amide bonds. The van der Waals surface area contributed by atoms with Gasteiger partial charge < -0.3 is 10.6 Å². The van der Waals surface area contributed by atoms with Crippen LogP contribution in [0.3, 0.4) is 0 Å². The number of hydrogen-bond donors (Lipinski definition) is 2. The van der Waals surface area contributed by atoms with Crippen LogP contribution in [-0.2, 0) is 0 Å². The monoisotopic (exact) mass is 418 g/mol. The number of rotatable bonds is 6. The van der Waals surface area contributed by atoms with Gasteiger partial charge in [-0.2, -0.15) is 5.10 Å². The summed E-state index contributed by atoms with van der Waals surface area (Å²) >= 11 is 1.40. The molecule has 2 heterocycles. The first-order valence-corrected chi connectivity index (χ1v) is 10.6. The number of nitrogens with zero attached hydrogens (tertiary/aromatic N) is 2. The molecule has 7 heteroatoms. The summed E-state index contributed by atoms with van der Waals surface area (Å²) in [5.74, 6) is -0.352. The number of para-hydroxylation sites is 1. The molecule has 6 nitrogen and oxygen atoms in total. The van der Waals surface area contributed by atoms with Crippen LogP contribution in [0.4, 0.5) is 5.69 Å². The fraction of sp³-hybridized carbons (Fsp3) is 0.174. The summed E-state index contributed by atoms with van der Waals surface area (Å²) in [5, 5.41) is 11.3. The molecule has 0 saturated heterocycles. The lowest BCUT2D eigenvalue weighted by Gasteiger charge is -2.07. The van der Waals surface area contributed by atoms with Crippen molar-refractivity contribution in [3.05, 3.63) is 76.8 Å². The SMILES string of the molecule is CCCNC(=O)c1cccc(NC(=O)c2cc3c(C)nn(-c4ccccc4)c3s2)c1. The van der Waals surface area contributed by atoms with E-state index in [1.807, 2.05) is 54.9 Å². The number of hydrogen-bond acceptors (Lipinski definition) is 4. The second kappa shape index (κ2) is 8.51. The lowest BCUT2D eigenvalue weighted by molar-refractivity contribution is 0.0952. The molecule has 0 saturated carbocycles. The van der Waals surface area contributed by atoms with Gasteiger partial charge in [-0.3, -0.25) is 9.59 Å². The smallest absolute Gasteiger partial charge is 0.265 e. The normalized spacial score (nSPS) is 10.9. The molecule has 2 aromatic heterocycles.